The van der Waals surface area contributed by atoms with Crippen LogP contribution in [0.4, 0.5) is 5.69 Å². The number of H-pyrrole nitrogens is 1. The number of hydrogen-bond donors (Lipinski definition) is 2. The molecule has 1 fully saturated rings. The topological polar surface area (TPSA) is 124 Å². The molecule has 0 spiro atoms. The van der Waals surface area contributed by atoms with Gasteiger partial charge in [-0.25, -0.2) is 0 Å². The van der Waals surface area contributed by atoms with Gasteiger partial charge < -0.3 is 20.6 Å². The van der Waals surface area contributed by atoms with Crippen LogP contribution in [-0.4, -0.2) is 65.2 Å². The molecular weight excluding hydrogens is 444 g/mol. The van der Waals surface area contributed by atoms with Crippen LogP contribution in [0.15, 0.2) is 63.4 Å². The third-order valence-electron chi connectivity index (χ3n) is 5.42. The first kappa shape index (κ1) is 22.2. The molecule has 3 aromatic rings. The standard InChI is InChI=1S/C23H21ClN6O3/c1-29-8-9-30(13-21(29)31)23(33)14-2-5-17(6-3-14)26-12-20(28-25)18-11-15-10-16(24)4-7-19(15)27-22(18)32/h2-7,10-12H,8-9,13,25H2,1H3,(H,27,32). The summed E-state index contributed by atoms with van der Waals surface area (Å²) in [6, 6.07) is 13.4. The number of piperazine rings is 1. The molecule has 0 atom stereocenters. The Morgan fingerprint density at radius 1 is 1.12 bits per heavy atom. The van der Waals surface area contributed by atoms with E-state index in [9.17, 15) is 14.4 Å². The zero-order valence-corrected chi connectivity index (χ0v) is 18.5. The monoisotopic (exact) mass is 464 g/mol. The Morgan fingerprint density at radius 2 is 1.88 bits per heavy atom. The minimum Gasteiger partial charge on any atom is -0.342 e. The van der Waals surface area contributed by atoms with E-state index in [1.807, 2.05) is 0 Å². The number of aromatic amines is 1. The van der Waals surface area contributed by atoms with Gasteiger partial charge in [0.25, 0.3) is 11.5 Å². The summed E-state index contributed by atoms with van der Waals surface area (Å²) in [4.78, 5) is 47.2. The molecule has 2 heterocycles. The molecule has 33 heavy (non-hydrogen) atoms. The summed E-state index contributed by atoms with van der Waals surface area (Å²) < 4.78 is 0. The number of benzene rings is 2. The largest absolute Gasteiger partial charge is 0.342 e. The van der Waals surface area contributed by atoms with Gasteiger partial charge in [0.1, 0.15) is 12.3 Å². The average molecular weight is 465 g/mol. The first-order valence-corrected chi connectivity index (χ1v) is 10.5. The Kier molecular flexibility index (Phi) is 6.23. The van der Waals surface area contributed by atoms with Crippen molar-refractivity contribution in [2.45, 2.75) is 0 Å². The number of nitrogens with zero attached hydrogens (tertiary/aromatic N) is 4. The van der Waals surface area contributed by atoms with Crippen LogP contribution < -0.4 is 11.4 Å². The molecule has 3 N–H and O–H groups in total. The number of amides is 2. The van der Waals surface area contributed by atoms with Crippen molar-refractivity contribution in [3.05, 3.63) is 75.0 Å². The van der Waals surface area contributed by atoms with Gasteiger partial charge in [0.15, 0.2) is 0 Å². The van der Waals surface area contributed by atoms with Crippen molar-refractivity contribution in [3.8, 4) is 0 Å². The fourth-order valence-electron chi connectivity index (χ4n) is 3.48. The van der Waals surface area contributed by atoms with Gasteiger partial charge in [-0.15, -0.1) is 0 Å². The number of rotatable bonds is 4. The van der Waals surface area contributed by atoms with E-state index >= 15 is 0 Å². The molecule has 168 valence electrons. The van der Waals surface area contributed by atoms with Crippen LogP contribution in [-0.2, 0) is 4.79 Å². The molecule has 0 saturated carbocycles. The Balaban J connectivity index is 1.52. The maximum atomic E-state index is 12.7. The third-order valence-corrected chi connectivity index (χ3v) is 5.65. The highest BCUT2D eigenvalue weighted by Crippen LogP contribution is 2.18. The number of pyridine rings is 1. The number of aliphatic imine (C=N–C) groups is 1. The fraction of sp³-hybridized carbons (Fsp3) is 0.174. The van der Waals surface area contributed by atoms with Crippen LogP contribution in [0.5, 0.6) is 0 Å². The number of nitrogens with one attached hydrogen (secondary N) is 1. The Morgan fingerprint density at radius 3 is 2.58 bits per heavy atom. The zero-order valence-electron chi connectivity index (χ0n) is 17.8. The lowest BCUT2D eigenvalue weighted by Crippen LogP contribution is -2.50. The first-order chi connectivity index (χ1) is 15.9. The molecule has 1 aliphatic rings. The molecule has 2 amide bonds. The predicted molar refractivity (Wildman–Crippen MR) is 128 cm³/mol. The number of carbonyl (C=O) groups excluding carboxylic acids is 2. The highest BCUT2D eigenvalue weighted by Gasteiger charge is 2.25. The molecule has 1 saturated heterocycles. The van der Waals surface area contributed by atoms with Gasteiger partial charge >= 0.3 is 0 Å². The number of carbonyl (C=O) groups is 2. The molecule has 4 rings (SSSR count). The van der Waals surface area contributed by atoms with Crippen molar-refractivity contribution in [2.75, 3.05) is 26.7 Å². The maximum absolute atomic E-state index is 12.7. The van der Waals surface area contributed by atoms with E-state index in [0.29, 0.717) is 34.9 Å². The maximum Gasteiger partial charge on any atom is 0.258 e. The first-order valence-electron chi connectivity index (χ1n) is 10.1. The van der Waals surface area contributed by atoms with Crippen molar-refractivity contribution in [1.29, 1.82) is 0 Å². The van der Waals surface area contributed by atoms with Crippen LogP contribution in [0.25, 0.3) is 10.9 Å². The zero-order chi connectivity index (χ0) is 23.5. The number of fused-ring (bicyclic) bond motifs is 1. The van der Waals surface area contributed by atoms with E-state index in [1.54, 1.807) is 60.5 Å². The van der Waals surface area contributed by atoms with Gasteiger partial charge in [0.2, 0.25) is 5.91 Å². The van der Waals surface area contributed by atoms with Crippen LogP contribution in [0, 0.1) is 0 Å². The van der Waals surface area contributed by atoms with Crippen LogP contribution >= 0.6 is 11.6 Å². The van der Waals surface area contributed by atoms with E-state index in [4.69, 9.17) is 17.4 Å². The summed E-state index contributed by atoms with van der Waals surface area (Å²) in [5, 5.41) is 4.97. The summed E-state index contributed by atoms with van der Waals surface area (Å²) in [6.45, 7) is 1.06. The molecular formula is C23H21ClN6O3. The molecule has 1 aromatic heterocycles. The summed E-state index contributed by atoms with van der Waals surface area (Å²) in [7, 11) is 1.72. The average Bonchev–Trinajstić information content (AvgIpc) is 2.81. The van der Waals surface area contributed by atoms with Gasteiger partial charge in [-0.05, 0) is 48.5 Å². The summed E-state index contributed by atoms with van der Waals surface area (Å²) in [6.07, 6.45) is 1.39. The molecule has 0 aliphatic carbocycles. The second-order valence-corrected chi connectivity index (χ2v) is 8.04. The molecule has 1 aliphatic heterocycles. The minimum absolute atomic E-state index is 0.0665. The quantitative estimate of drug-likeness (QED) is 0.348. The van der Waals surface area contributed by atoms with Crippen LogP contribution in [0.2, 0.25) is 5.02 Å². The number of likely N-dealkylation sites (N-methyl/N-ethyl adjacent to an activating group) is 1. The van der Waals surface area contributed by atoms with Gasteiger partial charge in [0.05, 0.1) is 17.5 Å². The van der Waals surface area contributed by atoms with Crippen molar-refractivity contribution in [2.24, 2.45) is 15.9 Å². The SMILES string of the molecule is CN1CCN(C(=O)c2ccc(N=CC(=NN)c3cc4cc(Cl)ccc4[nH]c3=O)cc2)CC1=O. The van der Waals surface area contributed by atoms with E-state index in [0.717, 1.165) is 5.39 Å². The molecule has 0 radical (unpaired) electrons. The Hall–Kier alpha value is -3.98. The predicted octanol–water partition coefficient (Wildman–Crippen LogP) is 2.16. The van der Waals surface area contributed by atoms with Gasteiger partial charge in [-0.1, -0.05) is 11.6 Å². The van der Waals surface area contributed by atoms with Crippen LogP contribution in [0.1, 0.15) is 15.9 Å². The molecule has 0 bridgehead atoms. The normalized spacial score (nSPS) is 15.0. The second-order valence-electron chi connectivity index (χ2n) is 7.61. The van der Waals surface area contributed by atoms with Gasteiger partial charge in [0, 0.05) is 41.6 Å². The highest BCUT2D eigenvalue weighted by atomic mass is 35.5. The van der Waals surface area contributed by atoms with Gasteiger partial charge in [-0.2, -0.15) is 5.10 Å². The second kappa shape index (κ2) is 9.25. The Bertz CT molecular complexity index is 1350. The van der Waals surface area contributed by atoms with Crippen molar-refractivity contribution >= 4 is 51.9 Å². The lowest BCUT2D eigenvalue weighted by molar-refractivity contribution is -0.133. The fourth-order valence-corrected chi connectivity index (χ4v) is 3.66. The van der Waals surface area contributed by atoms with Crippen molar-refractivity contribution in [3.63, 3.8) is 0 Å². The molecule has 0 unspecified atom stereocenters. The van der Waals surface area contributed by atoms with E-state index in [1.165, 1.54) is 11.1 Å². The molecule has 9 nitrogen and oxygen atoms in total. The summed E-state index contributed by atoms with van der Waals surface area (Å²) >= 11 is 6.04. The van der Waals surface area contributed by atoms with Crippen molar-refractivity contribution < 1.29 is 9.59 Å². The number of hydrogen-bond acceptors (Lipinski definition) is 6. The number of aromatic nitrogens is 1. The number of hydrazone groups is 1. The van der Waals surface area contributed by atoms with E-state index in [-0.39, 0.29) is 35.2 Å². The number of nitrogens with two attached hydrogens (primary N) is 1. The molecule has 2 aromatic carbocycles. The van der Waals surface area contributed by atoms with Crippen molar-refractivity contribution in [1.82, 2.24) is 14.8 Å². The number of halogens is 1. The summed E-state index contributed by atoms with van der Waals surface area (Å²) in [5.74, 6) is 5.22. The third kappa shape index (κ3) is 4.78. The lowest BCUT2D eigenvalue weighted by atomic mass is 10.1. The lowest BCUT2D eigenvalue weighted by Gasteiger charge is -2.32. The molecule has 10 heteroatoms. The minimum atomic E-state index is -0.358. The van der Waals surface area contributed by atoms with Gasteiger partial charge in [-0.3, -0.25) is 19.4 Å². The smallest absolute Gasteiger partial charge is 0.258 e. The Labute approximate surface area is 194 Å². The van der Waals surface area contributed by atoms with Crippen LogP contribution in [0.3, 0.4) is 0 Å². The summed E-state index contributed by atoms with van der Waals surface area (Å²) in [5.41, 5.74) is 1.73. The van der Waals surface area contributed by atoms with E-state index in [2.05, 4.69) is 15.1 Å². The highest BCUT2D eigenvalue weighted by molar-refractivity contribution is 6.38. The van der Waals surface area contributed by atoms with E-state index < -0.39 is 0 Å².